The number of rotatable bonds is 27. The van der Waals surface area contributed by atoms with Crippen molar-refractivity contribution in [2.45, 2.75) is 214 Å². The Balaban J connectivity index is 2.34. The smallest absolute Gasteiger partial charge is 0.211 e. The number of unbranched alkanes of at least 4 members (excludes halogenated alkanes) is 7. The van der Waals surface area contributed by atoms with Gasteiger partial charge in [-0.2, -0.15) is 0 Å². The molecule has 0 bridgehead atoms. The number of hydrogen-bond acceptors (Lipinski definition) is 0. The van der Waals surface area contributed by atoms with E-state index in [0.29, 0.717) is 0 Å². The summed E-state index contributed by atoms with van der Waals surface area (Å²) < 4.78 is 1.72. The maximum absolute atomic E-state index is 12.8. The lowest BCUT2D eigenvalue weighted by Crippen LogP contribution is -2.34. The van der Waals surface area contributed by atoms with Gasteiger partial charge in [-0.25, -0.2) is 4.70 Å². The van der Waals surface area contributed by atoms with Crippen molar-refractivity contribution in [3.63, 3.8) is 0 Å². The van der Waals surface area contributed by atoms with Gasteiger partial charge in [-0.15, -0.1) is 0 Å². The van der Waals surface area contributed by atoms with Gasteiger partial charge in [-0.05, 0) is 110 Å². The van der Waals surface area contributed by atoms with Crippen LogP contribution in [0.15, 0.2) is 47.5 Å². The van der Waals surface area contributed by atoms with Crippen molar-refractivity contribution in [3.05, 3.63) is 86.5 Å². The molecule has 1 aliphatic rings. The van der Waals surface area contributed by atoms with Gasteiger partial charge in [0, 0.05) is 22.3 Å². The molecule has 296 valence electrons. The van der Waals surface area contributed by atoms with E-state index in [1.807, 2.05) is 0 Å². The SMILES string of the molecule is CCCCCCC1=C(c2cc(CCCC)cc(C[Si](CC)(CC)CC)c2)[N+](=[N-])C(c2cc(CCCC)cc(C[Si](CC)(CC)CC)c2)=C1CCCCC. The summed E-state index contributed by atoms with van der Waals surface area (Å²) >= 11 is 0. The van der Waals surface area contributed by atoms with Crippen LogP contribution in [0.25, 0.3) is 16.9 Å². The van der Waals surface area contributed by atoms with Crippen molar-refractivity contribution in [1.82, 2.24) is 0 Å². The molecule has 0 radical (unpaired) electrons. The predicted molar refractivity (Wildman–Crippen MR) is 242 cm³/mol. The molecule has 0 saturated carbocycles. The monoisotopic (exact) mass is 755 g/mol. The van der Waals surface area contributed by atoms with Crippen LogP contribution in [0.1, 0.15) is 186 Å². The van der Waals surface area contributed by atoms with Gasteiger partial charge in [-0.1, -0.05) is 163 Å². The van der Waals surface area contributed by atoms with Crippen LogP contribution in [-0.2, 0) is 24.9 Å². The van der Waals surface area contributed by atoms with E-state index in [1.165, 1.54) is 164 Å². The Morgan fingerprint density at radius 3 is 1.09 bits per heavy atom. The molecule has 0 unspecified atom stereocenters. The normalized spacial score (nSPS) is 14.0. The Hall–Kier alpha value is -2.05. The summed E-state index contributed by atoms with van der Waals surface area (Å²) in [6, 6.07) is 25.6. The minimum absolute atomic E-state index is 1.04. The zero-order valence-electron chi connectivity index (χ0n) is 36.6. The van der Waals surface area contributed by atoms with Gasteiger partial charge in [0.25, 0.3) is 0 Å². The number of benzene rings is 2. The van der Waals surface area contributed by atoms with Crippen LogP contribution in [0.3, 0.4) is 0 Å². The highest BCUT2D eigenvalue weighted by molar-refractivity contribution is 6.79. The summed E-state index contributed by atoms with van der Waals surface area (Å²) in [5, 5.41) is 0. The molecule has 0 fully saturated rings. The molecular formula is C49H82N2Si2. The largest absolute Gasteiger partial charge is 0.493 e. The Kier molecular flexibility index (Phi) is 19.8. The van der Waals surface area contributed by atoms with Crippen molar-refractivity contribution in [2.75, 3.05) is 0 Å². The lowest BCUT2D eigenvalue weighted by molar-refractivity contribution is -0.345. The molecule has 0 N–H and O–H groups in total. The minimum atomic E-state index is -1.39. The van der Waals surface area contributed by atoms with E-state index >= 15 is 0 Å². The van der Waals surface area contributed by atoms with E-state index in [4.69, 9.17) is 0 Å². The zero-order valence-corrected chi connectivity index (χ0v) is 38.6. The van der Waals surface area contributed by atoms with E-state index < -0.39 is 16.1 Å². The van der Waals surface area contributed by atoms with Crippen LogP contribution < -0.4 is 0 Å². The van der Waals surface area contributed by atoms with Crippen molar-refractivity contribution >= 4 is 27.5 Å². The Morgan fingerprint density at radius 1 is 0.396 bits per heavy atom. The van der Waals surface area contributed by atoms with Gasteiger partial charge < -0.3 is 5.53 Å². The zero-order chi connectivity index (χ0) is 38.9. The molecule has 4 heteroatoms. The first-order valence-corrected chi connectivity index (χ1v) is 28.5. The molecule has 2 aromatic rings. The Morgan fingerprint density at radius 2 is 0.736 bits per heavy atom. The van der Waals surface area contributed by atoms with Gasteiger partial charge in [-0.3, -0.25) is 0 Å². The van der Waals surface area contributed by atoms with E-state index in [2.05, 4.69) is 106 Å². The van der Waals surface area contributed by atoms with Crippen LogP contribution in [-0.4, -0.2) is 20.8 Å². The van der Waals surface area contributed by atoms with Crippen LogP contribution in [0.4, 0.5) is 0 Å². The highest BCUT2D eigenvalue weighted by atomic mass is 28.3. The molecule has 2 aromatic carbocycles. The van der Waals surface area contributed by atoms with Crippen molar-refractivity contribution in [3.8, 4) is 0 Å². The second-order valence-corrected chi connectivity index (χ2v) is 27.9. The minimum Gasteiger partial charge on any atom is -0.493 e. The number of nitrogens with zero attached hydrogens (tertiary/aromatic N) is 2. The number of hydrogen-bond donors (Lipinski definition) is 0. The van der Waals surface area contributed by atoms with E-state index in [1.54, 1.807) is 4.70 Å². The van der Waals surface area contributed by atoms with Crippen molar-refractivity contribution in [1.29, 1.82) is 0 Å². The Bertz CT molecular complexity index is 1470. The van der Waals surface area contributed by atoms with E-state index in [9.17, 15) is 5.53 Å². The number of aryl methyl sites for hydroxylation is 2. The summed E-state index contributed by atoms with van der Waals surface area (Å²) in [6.07, 6.45) is 17.7. The Labute approximate surface area is 331 Å². The van der Waals surface area contributed by atoms with Crippen molar-refractivity contribution < 1.29 is 4.70 Å². The summed E-state index contributed by atoms with van der Waals surface area (Å²) in [5.74, 6) is 0. The van der Waals surface area contributed by atoms with Gasteiger partial charge in [0.05, 0.1) is 16.1 Å². The molecule has 0 saturated heterocycles. The third-order valence-electron chi connectivity index (χ3n) is 13.6. The molecular weight excluding hydrogens is 673 g/mol. The molecule has 0 amide bonds. The lowest BCUT2D eigenvalue weighted by atomic mass is 9.90. The van der Waals surface area contributed by atoms with E-state index in [-0.39, 0.29) is 0 Å². The fourth-order valence-electron chi connectivity index (χ4n) is 9.23. The summed E-state index contributed by atoms with van der Waals surface area (Å²) in [5.41, 5.74) is 26.4. The molecule has 0 atom stereocenters. The summed E-state index contributed by atoms with van der Waals surface area (Å²) in [6.45, 7) is 23.9. The first-order chi connectivity index (χ1) is 25.7. The third-order valence-corrected chi connectivity index (χ3v) is 24.9. The van der Waals surface area contributed by atoms with Crippen LogP contribution in [0.5, 0.6) is 0 Å². The molecule has 2 nitrogen and oxygen atoms in total. The van der Waals surface area contributed by atoms with Crippen LogP contribution >= 0.6 is 0 Å². The molecule has 3 rings (SSSR count). The average molecular weight is 755 g/mol. The fraction of sp³-hybridized carbons (Fsp3) is 0.673. The highest BCUT2D eigenvalue weighted by Crippen LogP contribution is 2.46. The topological polar surface area (TPSA) is 25.3 Å². The predicted octanol–water partition coefficient (Wildman–Crippen LogP) is 16.3. The third kappa shape index (κ3) is 12.2. The molecule has 0 aromatic heterocycles. The molecule has 1 heterocycles. The van der Waals surface area contributed by atoms with Crippen LogP contribution in [0, 0.1) is 0 Å². The quantitative estimate of drug-likeness (QED) is 0.0493. The summed E-state index contributed by atoms with van der Waals surface area (Å²) in [4.78, 5) is 0. The first kappa shape index (κ1) is 45.3. The molecule has 0 spiro atoms. The van der Waals surface area contributed by atoms with E-state index in [0.717, 1.165) is 37.1 Å². The second-order valence-electron chi connectivity index (χ2n) is 17.0. The maximum Gasteiger partial charge on any atom is 0.211 e. The lowest BCUT2D eigenvalue weighted by Gasteiger charge is -2.29. The van der Waals surface area contributed by atoms with Gasteiger partial charge in [0.2, 0.25) is 11.4 Å². The van der Waals surface area contributed by atoms with Gasteiger partial charge in [0.15, 0.2) is 0 Å². The average Bonchev–Trinajstić information content (AvgIpc) is 3.46. The highest BCUT2D eigenvalue weighted by Gasteiger charge is 2.37. The molecule has 1 aliphatic heterocycles. The van der Waals surface area contributed by atoms with Crippen LogP contribution in [0.2, 0.25) is 36.3 Å². The standard InChI is InChI=1S/C49H82N2Si2/c1-11-21-25-27-31-47-46(30-26-22-12-2)48(44-34-40(28-23-13-3)32-42(36-44)38-52(15-5,16-6)17-7)51(50)49(47)45-35-41(29-24-14-4)33-43(37-45)39-53(18-8,19-9)20-10/h32-37H,11-31,38-39H2,1-10H3. The number of allylic oxidation sites excluding steroid dienone is 2. The van der Waals surface area contributed by atoms with Gasteiger partial charge in [0.1, 0.15) is 0 Å². The van der Waals surface area contributed by atoms with Crippen molar-refractivity contribution in [2.24, 2.45) is 0 Å². The molecule has 53 heavy (non-hydrogen) atoms. The van der Waals surface area contributed by atoms with Gasteiger partial charge >= 0.3 is 0 Å². The fourth-order valence-corrected chi connectivity index (χ4v) is 15.9. The first-order valence-electron chi connectivity index (χ1n) is 22.9. The summed E-state index contributed by atoms with van der Waals surface area (Å²) in [7, 11) is -2.79. The molecule has 0 aliphatic carbocycles. The second kappa shape index (κ2) is 23.1. The maximum atomic E-state index is 12.8.